The van der Waals surface area contributed by atoms with Gasteiger partial charge in [-0.3, -0.25) is 14.4 Å². The summed E-state index contributed by atoms with van der Waals surface area (Å²) < 4.78 is 4.88. The van der Waals surface area contributed by atoms with Crippen molar-refractivity contribution in [2.24, 2.45) is 0 Å². The van der Waals surface area contributed by atoms with Gasteiger partial charge in [-0.15, -0.1) is 0 Å². The number of rotatable bonds is 6. The van der Waals surface area contributed by atoms with E-state index in [9.17, 15) is 19.2 Å². The second-order valence-electron chi connectivity index (χ2n) is 5.24. The molecule has 0 aliphatic heterocycles. The van der Waals surface area contributed by atoms with E-state index in [0.717, 1.165) is 0 Å². The number of hydrogen-bond acceptors (Lipinski definition) is 5. The molecule has 0 aliphatic carbocycles. The third-order valence-electron chi connectivity index (χ3n) is 3.13. The highest BCUT2D eigenvalue weighted by molar-refractivity contribution is 5.98. The Morgan fingerprint density at radius 2 is 1.60 bits per heavy atom. The van der Waals surface area contributed by atoms with Gasteiger partial charge in [-0.05, 0) is 37.3 Å². The molecule has 0 spiro atoms. The fraction of sp³-hybridized carbons (Fsp3) is 0.176. The molecule has 2 rings (SSSR count). The molecule has 2 amide bonds. The third kappa shape index (κ3) is 5.31. The number of benzene rings is 1. The predicted molar refractivity (Wildman–Crippen MR) is 90.5 cm³/mol. The highest BCUT2D eigenvalue weighted by Gasteiger charge is 2.14. The van der Waals surface area contributed by atoms with E-state index >= 15 is 0 Å². The van der Waals surface area contributed by atoms with Gasteiger partial charge in [0.25, 0.3) is 5.91 Å². The summed E-state index contributed by atoms with van der Waals surface area (Å²) in [5.41, 5.74) is 1.55. The molecule has 0 saturated heterocycles. The summed E-state index contributed by atoms with van der Waals surface area (Å²) in [4.78, 5) is 48.3. The summed E-state index contributed by atoms with van der Waals surface area (Å²) in [6.45, 7) is 2.30. The summed E-state index contributed by atoms with van der Waals surface area (Å²) in [6.07, 6.45) is 1.40. The maximum absolute atomic E-state index is 11.8. The second kappa shape index (κ2) is 7.91. The van der Waals surface area contributed by atoms with E-state index in [1.54, 1.807) is 24.3 Å². The van der Waals surface area contributed by atoms with E-state index in [4.69, 9.17) is 4.74 Å². The van der Waals surface area contributed by atoms with Crippen molar-refractivity contribution in [3.8, 4) is 0 Å². The molecule has 1 aromatic carbocycles. The third-order valence-corrected chi connectivity index (χ3v) is 3.13. The number of anilines is 2. The average Bonchev–Trinajstić information content (AvgIpc) is 3.04. The second-order valence-corrected chi connectivity index (χ2v) is 5.24. The number of hydrogen-bond donors (Lipinski definition) is 3. The molecular formula is C17H17N3O5. The number of amides is 2. The minimum absolute atomic E-state index is 0.0951. The zero-order chi connectivity index (χ0) is 18.4. The molecule has 0 fully saturated rings. The highest BCUT2D eigenvalue weighted by atomic mass is 16.5. The van der Waals surface area contributed by atoms with Gasteiger partial charge in [0.15, 0.2) is 12.4 Å². The lowest BCUT2D eigenvalue weighted by Gasteiger charge is -2.07. The van der Waals surface area contributed by atoms with Gasteiger partial charge in [0, 0.05) is 30.1 Å². The molecule has 0 unspecified atom stereocenters. The lowest BCUT2D eigenvalue weighted by molar-refractivity contribution is -0.119. The van der Waals surface area contributed by atoms with Crippen LogP contribution in [0, 0.1) is 0 Å². The Morgan fingerprint density at radius 1 is 1.00 bits per heavy atom. The van der Waals surface area contributed by atoms with Crippen molar-refractivity contribution in [3.63, 3.8) is 0 Å². The van der Waals surface area contributed by atoms with Crippen LogP contribution in [0.2, 0.25) is 0 Å². The molecule has 1 heterocycles. The van der Waals surface area contributed by atoms with Crippen LogP contribution in [0.4, 0.5) is 11.4 Å². The average molecular weight is 343 g/mol. The minimum Gasteiger partial charge on any atom is -0.451 e. The van der Waals surface area contributed by atoms with Crippen LogP contribution in [0.25, 0.3) is 0 Å². The van der Waals surface area contributed by atoms with Crippen LogP contribution < -0.4 is 10.6 Å². The van der Waals surface area contributed by atoms with Crippen LogP contribution in [0.15, 0.2) is 36.5 Å². The molecule has 8 heteroatoms. The maximum Gasteiger partial charge on any atom is 0.355 e. The standard InChI is InChI=1S/C17H17N3O5/c1-10(21)12-7-15(18-8-12)17(24)25-9-16(23)20-14-5-3-13(4-6-14)19-11(2)22/h3-8,18H,9H2,1-2H3,(H,19,22)(H,20,23). The number of ether oxygens (including phenoxy) is 1. The zero-order valence-electron chi connectivity index (χ0n) is 13.7. The predicted octanol–water partition coefficient (Wildman–Crippen LogP) is 1.97. The Labute approximate surface area is 143 Å². The number of carbonyl (C=O) groups is 4. The smallest absolute Gasteiger partial charge is 0.355 e. The summed E-state index contributed by atoms with van der Waals surface area (Å²) in [5.74, 6) is -1.63. The highest BCUT2D eigenvalue weighted by Crippen LogP contribution is 2.13. The van der Waals surface area contributed by atoms with Crippen LogP contribution in [-0.4, -0.2) is 35.2 Å². The Morgan fingerprint density at radius 3 is 2.12 bits per heavy atom. The van der Waals surface area contributed by atoms with Gasteiger partial charge in [0.05, 0.1) is 0 Å². The number of nitrogens with one attached hydrogen (secondary N) is 3. The van der Waals surface area contributed by atoms with Gasteiger partial charge >= 0.3 is 5.97 Å². The molecule has 2 aromatic rings. The first-order chi connectivity index (χ1) is 11.8. The zero-order valence-corrected chi connectivity index (χ0v) is 13.7. The van der Waals surface area contributed by atoms with Crippen molar-refractivity contribution >= 4 is 34.9 Å². The molecule has 3 N–H and O–H groups in total. The van der Waals surface area contributed by atoms with Gasteiger partial charge in [-0.2, -0.15) is 0 Å². The number of carbonyl (C=O) groups excluding carboxylic acids is 4. The SMILES string of the molecule is CC(=O)Nc1ccc(NC(=O)COC(=O)c2cc(C(C)=O)c[nH]2)cc1. The Hall–Kier alpha value is -3.42. The van der Waals surface area contributed by atoms with Gasteiger partial charge in [0.1, 0.15) is 5.69 Å². The topological polar surface area (TPSA) is 117 Å². The van der Waals surface area contributed by atoms with Crippen LogP contribution in [0.5, 0.6) is 0 Å². The van der Waals surface area contributed by atoms with E-state index in [0.29, 0.717) is 16.9 Å². The molecule has 0 atom stereocenters. The first-order valence-electron chi connectivity index (χ1n) is 7.39. The molecule has 0 aliphatic rings. The number of ketones is 1. The molecule has 0 radical (unpaired) electrons. The Balaban J connectivity index is 1.84. The Bertz CT molecular complexity index is 808. The normalized spacial score (nSPS) is 10.0. The molecule has 130 valence electrons. The van der Waals surface area contributed by atoms with Crippen LogP contribution >= 0.6 is 0 Å². The van der Waals surface area contributed by atoms with Crippen molar-refractivity contribution in [1.82, 2.24) is 4.98 Å². The maximum atomic E-state index is 11.8. The summed E-state index contributed by atoms with van der Waals surface area (Å²) in [7, 11) is 0. The molecular weight excluding hydrogens is 326 g/mol. The van der Waals surface area contributed by atoms with Crippen molar-refractivity contribution in [2.75, 3.05) is 17.2 Å². The number of aromatic nitrogens is 1. The van der Waals surface area contributed by atoms with E-state index in [-0.39, 0.29) is 17.4 Å². The number of esters is 1. The summed E-state index contributed by atoms with van der Waals surface area (Å²) >= 11 is 0. The largest absolute Gasteiger partial charge is 0.451 e. The van der Waals surface area contributed by atoms with Gasteiger partial charge in [0.2, 0.25) is 5.91 Å². The number of aromatic amines is 1. The van der Waals surface area contributed by atoms with Crippen LogP contribution in [-0.2, 0) is 14.3 Å². The molecule has 8 nitrogen and oxygen atoms in total. The minimum atomic E-state index is -0.733. The van der Waals surface area contributed by atoms with E-state index < -0.39 is 18.5 Å². The molecule has 1 aromatic heterocycles. The molecule has 0 saturated carbocycles. The van der Waals surface area contributed by atoms with E-state index in [1.807, 2.05) is 0 Å². The fourth-order valence-corrected chi connectivity index (χ4v) is 1.96. The molecule has 25 heavy (non-hydrogen) atoms. The first-order valence-corrected chi connectivity index (χ1v) is 7.39. The van der Waals surface area contributed by atoms with E-state index in [1.165, 1.54) is 26.1 Å². The van der Waals surface area contributed by atoms with Crippen molar-refractivity contribution < 1.29 is 23.9 Å². The van der Waals surface area contributed by atoms with E-state index in [2.05, 4.69) is 15.6 Å². The van der Waals surface area contributed by atoms with Crippen molar-refractivity contribution in [3.05, 3.63) is 47.8 Å². The van der Waals surface area contributed by atoms with Crippen LogP contribution in [0.1, 0.15) is 34.7 Å². The van der Waals surface area contributed by atoms with Crippen molar-refractivity contribution in [2.45, 2.75) is 13.8 Å². The van der Waals surface area contributed by atoms with Gasteiger partial charge < -0.3 is 20.4 Å². The molecule has 0 bridgehead atoms. The van der Waals surface area contributed by atoms with Crippen molar-refractivity contribution in [1.29, 1.82) is 0 Å². The number of Topliss-reactive ketones (excluding diaryl/α,β-unsaturated/α-hetero) is 1. The van der Waals surface area contributed by atoms with Gasteiger partial charge in [-0.1, -0.05) is 0 Å². The van der Waals surface area contributed by atoms with Crippen LogP contribution in [0.3, 0.4) is 0 Å². The monoisotopic (exact) mass is 343 g/mol. The lowest BCUT2D eigenvalue weighted by atomic mass is 10.2. The lowest BCUT2D eigenvalue weighted by Crippen LogP contribution is -2.21. The van der Waals surface area contributed by atoms with Gasteiger partial charge in [-0.25, -0.2) is 4.79 Å². The quantitative estimate of drug-likeness (QED) is 0.547. The Kier molecular flexibility index (Phi) is 5.67. The fourth-order valence-electron chi connectivity index (χ4n) is 1.96. The first kappa shape index (κ1) is 17.9. The summed E-state index contributed by atoms with van der Waals surface area (Å²) in [5, 5.41) is 5.16. The summed E-state index contributed by atoms with van der Waals surface area (Å²) in [6, 6.07) is 7.84. The number of H-pyrrole nitrogens is 1.